The van der Waals surface area contributed by atoms with E-state index in [0.717, 1.165) is 72.1 Å². The number of unbranched alkanes of at least 4 members (excludes halogenated alkanes) is 1. The first kappa shape index (κ1) is 40.7. The van der Waals surface area contributed by atoms with Crippen molar-refractivity contribution < 1.29 is 28.9 Å². The van der Waals surface area contributed by atoms with Gasteiger partial charge in [0.25, 0.3) is 0 Å². The number of ketones is 1. The number of aromatic nitrogens is 3. The van der Waals surface area contributed by atoms with Gasteiger partial charge in [0, 0.05) is 36.0 Å². The molecule has 4 aromatic rings. The molecule has 3 aromatic carbocycles. The van der Waals surface area contributed by atoms with Crippen LogP contribution in [-0.4, -0.2) is 52.1 Å². The van der Waals surface area contributed by atoms with E-state index < -0.39 is 0 Å². The number of hydrogen-bond acceptors (Lipinski definition) is 9. The Kier molecular flexibility index (Phi) is 15.1. The molecule has 0 amide bonds. The highest BCUT2D eigenvalue weighted by Crippen LogP contribution is 2.38. The number of ether oxygens (including phenoxy) is 3. The molecule has 0 spiro atoms. The monoisotopic (exact) mass is 721 g/mol. The van der Waals surface area contributed by atoms with Crippen LogP contribution in [0.5, 0.6) is 17.2 Å². The molecule has 0 aliphatic carbocycles. The van der Waals surface area contributed by atoms with Gasteiger partial charge in [0.1, 0.15) is 23.0 Å². The van der Waals surface area contributed by atoms with Crippen LogP contribution >= 0.6 is 0 Å². The van der Waals surface area contributed by atoms with Crippen molar-refractivity contribution in [1.29, 1.82) is 0 Å². The molecule has 1 heterocycles. The minimum Gasteiger partial charge on any atom is -0.507 e. The van der Waals surface area contributed by atoms with Crippen LogP contribution in [0.3, 0.4) is 0 Å². The van der Waals surface area contributed by atoms with Crippen molar-refractivity contribution in [2.24, 2.45) is 0 Å². The molecule has 1 aromatic heterocycles. The maximum atomic E-state index is 11.8. The third-order valence-electron chi connectivity index (χ3n) is 9.83. The number of nitrogens with zero attached hydrogens (tertiary/aromatic N) is 3. The lowest BCUT2D eigenvalue weighted by Gasteiger charge is -2.16. The first-order valence-corrected chi connectivity index (χ1v) is 18.8. The predicted molar refractivity (Wildman–Crippen MR) is 211 cm³/mol. The number of benzene rings is 3. The number of hydrogen-bond donors (Lipinski definition) is 1. The summed E-state index contributed by atoms with van der Waals surface area (Å²) in [6.45, 7) is 17.0. The molecular weight excluding hydrogens is 666 g/mol. The van der Waals surface area contributed by atoms with Crippen molar-refractivity contribution in [3.8, 4) is 51.4 Å². The molecule has 9 heteroatoms. The van der Waals surface area contributed by atoms with E-state index in [1.165, 1.54) is 18.2 Å². The average molecular weight is 722 g/mol. The van der Waals surface area contributed by atoms with Gasteiger partial charge in [-0.25, -0.2) is 15.0 Å². The van der Waals surface area contributed by atoms with Gasteiger partial charge in [-0.05, 0) is 125 Å². The highest BCUT2D eigenvalue weighted by molar-refractivity contribution is 5.78. The molecule has 53 heavy (non-hydrogen) atoms. The van der Waals surface area contributed by atoms with Crippen molar-refractivity contribution in [2.45, 2.75) is 106 Å². The van der Waals surface area contributed by atoms with E-state index >= 15 is 0 Å². The number of esters is 1. The second kappa shape index (κ2) is 19.7. The molecule has 0 aliphatic heterocycles. The Bertz CT molecular complexity index is 1820. The molecule has 9 nitrogen and oxygen atoms in total. The van der Waals surface area contributed by atoms with Gasteiger partial charge in [-0.15, -0.1) is 0 Å². The number of phenols is 1. The molecule has 0 saturated heterocycles. The lowest BCUT2D eigenvalue weighted by Crippen LogP contribution is -2.05. The van der Waals surface area contributed by atoms with Crippen LogP contribution < -0.4 is 9.47 Å². The molecular formula is C44H55N3O6. The van der Waals surface area contributed by atoms with Gasteiger partial charge in [0.15, 0.2) is 17.5 Å². The number of rotatable bonds is 20. The second-order valence-electron chi connectivity index (χ2n) is 13.6. The summed E-state index contributed by atoms with van der Waals surface area (Å²) in [7, 11) is 1.41. The Morgan fingerprint density at radius 2 is 1.32 bits per heavy atom. The fourth-order valence-corrected chi connectivity index (χ4v) is 6.07. The molecule has 1 N–H and O–H groups in total. The van der Waals surface area contributed by atoms with E-state index in [4.69, 9.17) is 29.2 Å². The third-order valence-corrected chi connectivity index (χ3v) is 9.83. The van der Waals surface area contributed by atoms with E-state index in [0.29, 0.717) is 73.2 Å². The third kappa shape index (κ3) is 11.0. The van der Waals surface area contributed by atoms with Gasteiger partial charge in [0.2, 0.25) is 0 Å². The predicted octanol–water partition coefficient (Wildman–Crippen LogP) is 9.96. The molecule has 0 aliphatic rings. The van der Waals surface area contributed by atoms with Crippen molar-refractivity contribution in [3.63, 3.8) is 0 Å². The summed E-state index contributed by atoms with van der Waals surface area (Å²) >= 11 is 0. The van der Waals surface area contributed by atoms with E-state index in [9.17, 15) is 14.7 Å². The van der Waals surface area contributed by atoms with Crippen LogP contribution in [-0.2, 0) is 20.7 Å². The SMILES string of the molecule is C=C(CC)CCCOc1ccc(-c2nc(-c3ccc(CCCCC(=O)OC)c(C)c3)nc(-c3ccc(OCCCC(=O)CC)c(C)c3C)n2)c(O)c1C. The minimum absolute atomic E-state index is 0.0558. The molecule has 0 bridgehead atoms. The zero-order valence-electron chi connectivity index (χ0n) is 32.6. The molecule has 0 saturated carbocycles. The van der Waals surface area contributed by atoms with Crippen molar-refractivity contribution >= 4 is 11.8 Å². The highest BCUT2D eigenvalue weighted by atomic mass is 16.5. The largest absolute Gasteiger partial charge is 0.507 e. The number of methoxy groups -OCH3 is 1. The van der Waals surface area contributed by atoms with Gasteiger partial charge < -0.3 is 19.3 Å². The first-order valence-electron chi connectivity index (χ1n) is 18.8. The number of aryl methyl sites for hydroxylation is 2. The Hall–Kier alpha value is -5.05. The number of allylic oxidation sites excluding steroid dienone is 1. The number of phenolic OH excluding ortho intramolecular Hbond substituents is 1. The van der Waals surface area contributed by atoms with E-state index in [1.807, 2.05) is 52.0 Å². The quantitative estimate of drug-likeness (QED) is 0.0540. The number of carbonyl (C=O) groups is 2. The van der Waals surface area contributed by atoms with Crippen LogP contribution in [0.15, 0.2) is 54.6 Å². The Labute approximate surface area is 314 Å². The maximum absolute atomic E-state index is 11.8. The summed E-state index contributed by atoms with van der Waals surface area (Å²) in [4.78, 5) is 38.1. The van der Waals surface area contributed by atoms with Crippen LogP contribution in [0.2, 0.25) is 0 Å². The van der Waals surface area contributed by atoms with Crippen LogP contribution in [0.25, 0.3) is 34.2 Å². The number of carbonyl (C=O) groups excluding carboxylic acids is 2. The van der Waals surface area contributed by atoms with Gasteiger partial charge in [-0.2, -0.15) is 0 Å². The molecule has 4 rings (SSSR count). The second-order valence-corrected chi connectivity index (χ2v) is 13.6. The Morgan fingerprint density at radius 1 is 0.698 bits per heavy atom. The molecule has 0 fully saturated rings. The summed E-state index contributed by atoms with van der Waals surface area (Å²) in [5, 5.41) is 11.5. The molecule has 282 valence electrons. The molecule has 0 unspecified atom stereocenters. The van der Waals surface area contributed by atoms with Gasteiger partial charge in [0.05, 0.1) is 25.9 Å². The Balaban J connectivity index is 1.70. The zero-order valence-corrected chi connectivity index (χ0v) is 32.6. The molecule has 0 radical (unpaired) electrons. The lowest BCUT2D eigenvalue weighted by atomic mass is 9.99. The minimum atomic E-state index is -0.191. The fraction of sp³-hybridized carbons (Fsp3) is 0.432. The Morgan fingerprint density at radius 3 is 1.96 bits per heavy atom. The fourth-order valence-electron chi connectivity index (χ4n) is 6.07. The van der Waals surface area contributed by atoms with Gasteiger partial charge in [-0.1, -0.05) is 38.1 Å². The summed E-state index contributed by atoms with van der Waals surface area (Å²) in [5.41, 5.74) is 8.15. The van der Waals surface area contributed by atoms with E-state index in [1.54, 1.807) is 6.07 Å². The topological polar surface area (TPSA) is 121 Å². The van der Waals surface area contributed by atoms with Crippen LogP contribution in [0, 0.1) is 27.7 Å². The zero-order chi connectivity index (χ0) is 38.5. The summed E-state index contributed by atoms with van der Waals surface area (Å²) in [6.07, 6.45) is 7.29. The normalized spacial score (nSPS) is 11.0. The van der Waals surface area contributed by atoms with Gasteiger partial charge in [-0.3, -0.25) is 9.59 Å². The first-order chi connectivity index (χ1) is 25.5. The maximum Gasteiger partial charge on any atom is 0.305 e. The van der Waals surface area contributed by atoms with E-state index in [2.05, 4.69) is 32.6 Å². The summed E-state index contributed by atoms with van der Waals surface area (Å²) in [6, 6.07) is 13.7. The number of Topliss-reactive ketones (excluding diaryl/α,β-unsaturated/α-hetero) is 1. The summed E-state index contributed by atoms with van der Waals surface area (Å²) in [5.74, 6) is 2.77. The summed E-state index contributed by atoms with van der Waals surface area (Å²) < 4.78 is 16.9. The van der Waals surface area contributed by atoms with Crippen LogP contribution in [0.4, 0.5) is 0 Å². The van der Waals surface area contributed by atoms with Crippen molar-refractivity contribution in [3.05, 3.63) is 82.4 Å². The highest BCUT2D eigenvalue weighted by Gasteiger charge is 2.20. The number of aromatic hydroxyl groups is 1. The van der Waals surface area contributed by atoms with Crippen LogP contribution in [0.1, 0.15) is 99.5 Å². The smallest absolute Gasteiger partial charge is 0.305 e. The van der Waals surface area contributed by atoms with Crippen molar-refractivity contribution in [2.75, 3.05) is 20.3 Å². The van der Waals surface area contributed by atoms with Gasteiger partial charge >= 0.3 is 5.97 Å². The van der Waals surface area contributed by atoms with E-state index in [-0.39, 0.29) is 17.5 Å². The standard InChI is InChI=1S/C44H55N3O6/c1-9-28(3)15-13-25-53-39-24-22-37(41(50)32(39)7)44-46-42(34-20-19-33(29(4)27-34)16-11-12-18-40(49)51-8)45-43(47-44)36-21-23-38(31(6)30(36)5)52-26-14-17-35(48)10-2/h19-24,27,50H,3,9-18,25-26H2,1-2,4-8H3. The van der Waals surface area contributed by atoms with Crippen molar-refractivity contribution in [1.82, 2.24) is 15.0 Å². The molecule has 0 atom stereocenters. The average Bonchev–Trinajstić information content (AvgIpc) is 3.16. The lowest BCUT2D eigenvalue weighted by molar-refractivity contribution is -0.140.